The minimum absolute atomic E-state index is 0.778. The average molecular weight is 226 g/mol. The molecule has 0 amide bonds. The molecule has 0 aromatic rings. The van der Waals surface area contributed by atoms with Gasteiger partial charge in [-0.05, 0) is 64.2 Å². The Labute approximate surface area is 99.5 Å². The third-order valence-electron chi connectivity index (χ3n) is 3.89. The number of hydrogen-bond donors (Lipinski definition) is 1. The molecule has 94 valence electrons. The second-order valence-electron chi connectivity index (χ2n) is 5.50. The fourth-order valence-electron chi connectivity index (χ4n) is 2.86. The molecule has 0 radical (unpaired) electrons. The molecule has 2 aliphatic heterocycles. The summed E-state index contributed by atoms with van der Waals surface area (Å²) in [7, 11) is 2.22. The van der Waals surface area contributed by atoms with Crippen LogP contribution in [0.25, 0.3) is 0 Å². The predicted octanol–water partition coefficient (Wildman–Crippen LogP) is 1.34. The van der Waals surface area contributed by atoms with Gasteiger partial charge in [0.1, 0.15) is 0 Å². The average Bonchev–Trinajstić information content (AvgIpc) is 2.30. The highest BCUT2D eigenvalue weighted by atomic mass is 16.5. The first-order valence-electron chi connectivity index (χ1n) is 6.81. The van der Waals surface area contributed by atoms with Crippen LogP contribution in [0.5, 0.6) is 0 Å². The maximum absolute atomic E-state index is 5.91. The van der Waals surface area contributed by atoms with Crippen molar-refractivity contribution in [2.45, 2.75) is 25.7 Å². The Bertz CT molecular complexity index is 192. The second-order valence-corrected chi connectivity index (χ2v) is 5.50. The number of ether oxygens (including phenoxy) is 1. The van der Waals surface area contributed by atoms with E-state index in [1.807, 2.05) is 0 Å². The summed E-state index contributed by atoms with van der Waals surface area (Å²) in [4.78, 5) is 2.43. The fourth-order valence-corrected chi connectivity index (χ4v) is 2.86. The van der Waals surface area contributed by atoms with Crippen molar-refractivity contribution in [1.29, 1.82) is 0 Å². The van der Waals surface area contributed by atoms with Crippen LogP contribution < -0.4 is 5.32 Å². The zero-order chi connectivity index (χ0) is 11.2. The van der Waals surface area contributed by atoms with Crippen molar-refractivity contribution in [3.63, 3.8) is 0 Å². The highest BCUT2D eigenvalue weighted by Crippen LogP contribution is 2.17. The van der Waals surface area contributed by atoms with E-state index in [1.165, 1.54) is 51.9 Å². The Balaban J connectivity index is 1.56. The first kappa shape index (κ1) is 12.3. The van der Waals surface area contributed by atoms with E-state index in [0.29, 0.717) is 0 Å². The molecule has 0 aromatic carbocycles. The molecule has 1 N–H and O–H groups in total. The third kappa shape index (κ3) is 4.04. The molecular weight excluding hydrogens is 200 g/mol. The Morgan fingerprint density at radius 2 is 1.88 bits per heavy atom. The lowest BCUT2D eigenvalue weighted by Gasteiger charge is -2.30. The molecule has 0 aliphatic carbocycles. The number of likely N-dealkylation sites (tertiary alicyclic amines) is 1. The van der Waals surface area contributed by atoms with Crippen molar-refractivity contribution in [3.05, 3.63) is 0 Å². The van der Waals surface area contributed by atoms with Gasteiger partial charge in [-0.25, -0.2) is 0 Å². The van der Waals surface area contributed by atoms with E-state index in [4.69, 9.17) is 4.74 Å². The van der Waals surface area contributed by atoms with Gasteiger partial charge in [0.15, 0.2) is 0 Å². The molecule has 0 aromatic heterocycles. The molecular formula is C13H26N2O. The summed E-state index contributed by atoms with van der Waals surface area (Å²) in [6, 6.07) is 0. The zero-order valence-electron chi connectivity index (χ0n) is 10.6. The van der Waals surface area contributed by atoms with Gasteiger partial charge in [0.05, 0.1) is 6.61 Å². The van der Waals surface area contributed by atoms with Crippen molar-refractivity contribution in [3.8, 4) is 0 Å². The molecule has 2 saturated heterocycles. The summed E-state index contributed by atoms with van der Waals surface area (Å²) >= 11 is 0. The van der Waals surface area contributed by atoms with Crippen LogP contribution in [0.1, 0.15) is 25.7 Å². The first-order valence-corrected chi connectivity index (χ1v) is 6.81. The minimum atomic E-state index is 0.778. The lowest BCUT2D eigenvalue weighted by atomic mass is 9.98. The van der Waals surface area contributed by atoms with Crippen molar-refractivity contribution < 1.29 is 4.74 Å². The summed E-state index contributed by atoms with van der Waals surface area (Å²) < 4.78 is 5.91. The Morgan fingerprint density at radius 3 is 2.62 bits per heavy atom. The maximum Gasteiger partial charge on any atom is 0.0506 e. The monoisotopic (exact) mass is 226 g/mol. The number of piperidine rings is 2. The molecule has 0 bridgehead atoms. The molecule has 3 nitrogen and oxygen atoms in total. The highest BCUT2D eigenvalue weighted by Gasteiger charge is 2.18. The van der Waals surface area contributed by atoms with Crippen molar-refractivity contribution in [2.75, 3.05) is 46.4 Å². The van der Waals surface area contributed by atoms with E-state index in [2.05, 4.69) is 17.3 Å². The molecule has 1 atom stereocenters. The molecule has 1 unspecified atom stereocenters. The van der Waals surface area contributed by atoms with Gasteiger partial charge in [-0.15, -0.1) is 0 Å². The van der Waals surface area contributed by atoms with E-state index in [1.54, 1.807) is 0 Å². The van der Waals surface area contributed by atoms with Crippen LogP contribution in [0.3, 0.4) is 0 Å². The Kier molecular flexibility index (Phi) is 5.07. The van der Waals surface area contributed by atoms with Gasteiger partial charge < -0.3 is 15.0 Å². The number of rotatable bonds is 4. The molecule has 2 aliphatic rings. The quantitative estimate of drug-likeness (QED) is 0.783. The summed E-state index contributed by atoms with van der Waals surface area (Å²) in [6.45, 7) is 6.83. The van der Waals surface area contributed by atoms with Gasteiger partial charge in [0.2, 0.25) is 0 Å². The molecule has 2 rings (SSSR count). The molecule has 2 fully saturated rings. The number of nitrogens with one attached hydrogen (secondary N) is 1. The summed E-state index contributed by atoms with van der Waals surface area (Å²) in [5.41, 5.74) is 0. The molecule has 16 heavy (non-hydrogen) atoms. The van der Waals surface area contributed by atoms with Gasteiger partial charge in [0, 0.05) is 13.2 Å². The van der Waals surface area contributed by atoms with E-state index in [-0.39, 0.29) is 0 Å². The Hall–Kier alpha value is -0.120. The van der Waals surface area contributed by atoms with E-state index < -0.39 is 0 Å². The van der Waals surface area contributed by atoms with E-state index >= 15 is 0 Å². The van der Waals surface area contributed by atoms with E-state index in [9.17, 15) is 0 Å². The summed E-state index contributed by atoms with van der Waals surface area (Å²) in [6.07, 6.45) is 5.30. The van der Waals surface area contributed by atoms with E-state index in [0.717, 1.165) is 25.0 Å². The van der Waals surface area contributed by atoms with Crippen LogP contribution in [0.4, 0.5) is 0 Å². The lowest BCUT2D eigenvalue weighted by Crippen LogP contribution is -2.35. The smallest absolute Gasteiger partial charge is 0.0506 e. The zero-order valence-corrected chi connectivity index (χ0v) is 10.6. The normalized spacial score (nSPS) is 29.4. The van der Waals surface area contributed by atoms with Gasteiger partial charge in [0.25, 0.3) is 0 Å². The molecule has 2 heterocycles. The third-order valence-corrected chi connectivity index (χ3v) is 3.89. The lowest BCUT2D eigenvalue weighted by molar-refractivity contribution is 0.0411. The van der Waals surface area contributed by atoms with Gasteiger partial charge in [-0.1, -0.05) is 0 Å². The minimum Gasteiger partial charge on any atom is -0.381 e. The van der Waals surface area contributed by atoms with Crippen LogP contribution in [0.15, 0.2) is 0 Å². The van der Waals surface area contributed by atoms with Crippen LogP contribution in [0, 0.1) is 11.8 Å². The Morgan fingerprint density at radius 1 is 1.12 bits per heavy atom. The largest absolute Gasteiger partial charge is 0.381 e. The fraction of sp³-hybridized carbons (Fsp3) is 1.00. The number of hydrogen-bond acceptors (Lipinski definition) is 3. The van der Waals surface area contributed by atoms with Gasteiger partial charge >= 0.3 is 0 Å². The predicted molar refractivity (Wildman–Crippen MR) is 66.6 cm³/mol. The molecule has 0 saturated carbocycles. The van der Waals surface area contributed by atoms with Crippen LogP contribution in [-0.4, -0.2) is 51.3 Å². The molecule has 3 heteroatoms. The van der Waals surface area contributed by atoms with Gasteiger partial charge in [-0.3, -0.25) is 0 Å². The van der Waals surface area contributed by atoms with Crippen molar-refractivity contribution in [1.82, 2.24) is 10.2 Å². The van der Waals surface area contributed by atoms with Crippen LogP contribution in [0.2, 0.25) is 0 Å². The highest BCUT2D eigenvalue weighted by molar-refractivity contribution is 4.71. The second kappa shape index (κ2) is 6.58. The van der Waals surface area contributed by atoms with Crippen molar-refractivity contribution >= 4 is 0 Å². The summed E-state index contributed by atoms with van der Waals surface area (Å²) in [5, 5.41) is 3.40. The number of nitrogens with zero attached hydrogens (tertiary/aromatic N) is 1. The SMILES string of the molecule is CN1CCCC(COCC2CCNCC2)C1. The summed E-state index contributed by atoms with van der Waals surface area (Å²) in [5.74, 6) is 1.59. The maximum atomic E-state index is 5.91. The van der Waals surface area contributed by atoms with Crippen molar-refractivity contribution in [2.24, 2.45) is 11.8 Å². The topological polar surface area (TPSA) is 24.5 Å². The van der Waals surface area contributed by atoms with Gasteiger partial charge in [-0.2, -0.15) is 0 Å². The first-order chi connectivity index (χ1) is 7.84. The standard InChI is InChI=1S/C13H26N2O/c1-15-8-2-3-13(9-15)11-16-10-12-4-6-14-7-5-12/h12-14H,2-11H2,1H3. The molecule has 0 spiro atoms. The van der Waals surface area contributed by atoms with Crippen LogP contribution in [-0.2, 0) is 4.74 Å². The van der Waals surface area contributed by atoms with Crippen LogP contribution >= 0.6 is 0 Å².